The van der Waals surface area contributed by atoms with Gasteiger partial charge in [0.15, 0.2) is 22.2 Å². The molecule has 0 saturated carbocycles. The zero-order valence-corrected chi connectivity index (χ0v) is 16.2. The second-order valence-electron chi connectivity index (χ2n) is 4.60. The van der Waals surface area contributed by atoms with Gasteiger partial charge in [0, 0.05) is 11.1 Å². The summed E-state index contributed by atoms with van der Waals surface area (Å²) in [6.45, 7) is 0. The van der Waals surface area contributed by atoms with Gasteiger partial charge in [-0.3, -0.25) is 13.9 Å². The molecule has 0 aliphatic heterocycles. The standard InChI is InChI=1S/C13H10O9S2.Na.H/c14-9-6-8(10(15)7-4-2-1-3-5-7)12(23(17,18)19)13(11(9)16)24(20,21)22;;/h1-6,14,16H,(H,17,18,19)(H,20,21,22);;/q;+1;-1. The van der Waals surface area contributed by atoms with E-state index in [0.29, 0.717) is 6.07 Å². The van der Waals surface area contributed by atoms with E-state index in [1.807, 2.05) is 0 Å². The third-order valence-corrected chi connectivity index (χ3v) is 4.97. The molecular formula is C13H11NaO9S2. The van der Waals surface area contributed by atoms with Gasteiger partial charge in [-0.05, 0) is 6.07 Å². The van der Waals surface area contributed by atoms with Crippen molar-refractivity contribution >= 4 is 26.0 Å². The van der Waals surface area contributed by atoms with Crippen LogP contribution in [0.15, 0.2) is 46.2 Å². The zero-order chi connectivity index (χ0) is 18.3. The topological polar surface area (TPSA) is 166 Å². The molecule has 2 aromatic carbocycles. The summed E-state index contributed by atoms with van der Waals surface area (Å²) in [6.07, 6.45) is 0. The number of benzene rings is 2. The molecule has 0 saturated heterocycles. The van der Waals surface area contributed by atoms with E-state index in [1.165, 1.54) is 24.3 Å². The van der Waals surface area contributed by atoms with Crippen LogP contribution in [0.2, 0.25) is 0 Å². The molecule has 0 aliphatic carbocycles. The molecule has 12 heteroatoms. The van der Waals surface area contributed by atoms with E-state index in [1.54, 1.807) is 6.07 Å². The number of phenolic OH excluding ortho intramolecular Hbond substituents is 2. The fourth-order valence-electron chi connectivity index (χ4n) is 2.03. The average Bonchev–Trinajstić information content (AvgIpc) is 2.47. The molecular weight excluding hydrogens is 387 g/mol. The Morgan fingerprint density at radius 3 is 1.80 bits per heavy atom. The Labute approximate surface area is 166 Å². The Bertz CT molecular complexity index is 1040. The fraction of sp³-hybridized carbons (Fsp3) is 0. The van der Waals surface area contributed by atoms with Gasteiger partial charge >= 0.3 is 29.6 Å². The number of rotatable bonds is 4. The number of ketones is 1. The van der Waals surface area contributed by atoms with Gasteiger partial charge in [0.1, 0.15) is 4.90 Å². The van der Waals surface area contributed by atoms with Crippen LogP contribution in [0.5, 0.6) is 11.5 Å². The van der Waals surface area contributed by atoms with Crippen molar-refractivity contribution in [1.29, 1.82) is 0 Å². The molecule has 2 rings (SSSR count). The number of hydrogen-bond acceptors (Lipinski definition) is 7. The van der Waals surface area contributed by atoms with Gasteiger partial charge in [-0.15, -0.1) is 0 Å². The summed E-state index contributed by atoms with van der Waals surface area (Å²) in [6, 6.07) is 7.44. The van der Waals surface area contributed by atoms with Gasteiger partial charge in [0.25, 0.3) is 20.2 Å². The van der Waals surface area contributed by atoms with Gasteiger partial charge in [-0.1, -0.05) is 30.3 Å². The van der Waals surface area contributed by atoms with Crippen LogP contribution in [-0.2, 0) is 20.2 Å². The maximum Gasteiger partial charge on any atom is 1.00 e. The largest absolute Gasteiger partial charge is 1.00 e. The molecule has 2 aromatic rings. The first-order valence-corrected chi connectivity index (χ1v) is 8.96. The third kappa shape index (κ3) is 4.39. The summed E-state index contributed by atoms with van der Waals surface area (Å²) >= 11 is 0. The van der Waals surface area contributed by atoms with Crippen molar-refractivity contribution in [2.75, 3.05) is 0 Å². The Kier molecular flexibility index (Phi) is 6.40. The number of hydrogen-bond donors (Lipinski definition) is 4. The van der Waals surface area contributed by atoms with E-state index in [2.05, 4.69) is 0 Å². The minimum absolute atomic E-state index is 0. The maximum absolute atomic E-state index is 12.4. The Balaban J connectivity index is 0.00000312. The third-order valence-electron chi connectivity index (χ3n) is 2.99. The van der Waals surface area contributed by atoms with Gasteiger partial charge in [-0.2, -0.15) is 16.8 Å². The molecule has 0 aliphatic rings. The molecule has 0 bridgehead atoms. The average molecular weight is 398 g/mol. The minimum Gasteiger partial charge on any atom is -1.00 e. The van der Waals surface area contributed by atoms with Gasteiger partial charge in [-0.25, -0.2) is 0 Å². The second-order valence-corrected chi connectivity index (χ2v) is 7.31. The summed E-state index contributed by atoms with van der Waals surface area (Å²) in [5.74, 6) is -3.76. The van der Waals surface area contributed by atoms with E-state index in [4.69, 9.17) is 4.55 Å². The first kappa shape index (κ1) is 21.6. The fourth-order valence-corrected chi connectivity index (χ4v) is 4.11. The summed E-state index contributed by atoms with van der Waals surface area (Å²) < 4.78 is 64.3. The first-order chi connectivity index (χ1) is 10.9. The van der Waals surface area contributed by atoms with E-state index in [-0.39, 0.29) is 36.5 Å². The molecule has 9 nitrogen and oxygen atoms in total. The van der Waals surface area contributed by atoms with E-state index in [0.717, 1.165) is 0 Å². The molecule has 25 heavy (non-hydrogen) atoms. The van der Waals surface area contributed by atoms with E-state index >= 15 is 0 Å². The van der Waals surface area contributed by atoms with Crippen molar-refractivity contribution < 1.29 is 71.9 Å². The molecule has 0 atom stereocenters. The Morgan fingerprint density at radius 2 is 1.36 bits per heavy atom. The summed E-state index contributed by atoms with van der Waals surface area (Å²) in [5, 5.41) is 19.2. The van der Waals surface area contributed by atoms with Gasteiger partial charge < -0.3 is 11.6 Å². The summed E-state index contributed by atoms with van der Waals surface area (Å²) in [5.41, 5.74) is -1.03. The molecule has 4 N–H and O–H groups in total. The number of carbonyl (C=O) groups is 1. The summed E-state index contributed by atoms with van der Waals surface area (Å²) in [7, 11) is -10.8. The molecule has 0 heterocycles. The molecule has 0 unspecified atom stereocenters. The number of phenols is 2. The first-order valence-electron chi connectivity index (χ1n) is 6.08. The van der Waals surface area contributed by atoms with Crippen LogP contribution in [0.1, 0.15) is 17.3 Å². The molecule has 0 amide bonds. The Hall–Kier alpha value is -1.47. The van der Waals surface area contributed by atoms with Crippen LogP contribution in [-0.4, -0.2) is 41.9 Å². The Morgan fingerprint density at radius 1 is 0.880 bits per heavy atom. The SMILES string of the molecule is O=C(c1ccccc1)c1cc(O)c(O)c(S(=O)(=O)O)c1S(=O)(=O)O.[H-].[Na+]. The van der Waals surface area contributed by atoms with Crippen molar-refractivity contribution in [3.8, 4) is 11.5 Å². The molecule has 0 radical (unpaired) electrons. The van der Waals surface area contributed by atoms with Crippen molar-refractivity contribution in [2.24, 2.45) is 0 Å². The predicted octanol–water partition coefficient (Wildman–Crippen LogP) is -2.06. The van der Waals surface area contributed by atoms with Crippen molar-refractivity contribution in [3.05, 3.63) is 47.5 Å². The van der Waals surface area contributed by atoms with Crippen LogP contribution >= 0.6 is 0 Å². The zero-order valence-electron chi connectivity index (χ0n) is 13.6. The summed E-state index contributed by atoms with van der Waals surface area (Å²) in [4.78, 5) is 9.19. The smallest absolute Gasteiger partial charge is 1.00 e. The number of carbonyl (C=O) groups excluding carboxylic acids is 1. The molecule has 130 valence electrons. The molecule has 0 fully saturated rings. The van der Waals surface area contributed by atoms with E-state index in [9.17, 15) is 36.4 Å². The second kappa shape index (κ2) is 7.41. The van der Waals surface area contributed by atoms with E-state index < -0.39 is 52.9 Å². The van der Waals surface area contributed by atoms with Gasteiger partial charge in [0.2, 0.25) is 0 Å². The quantitative estimate of drug-likeness (QED) is 0.196. The van der Waals surface area contributed by atoms with Crippen molar-refractivity contribution in [1.82, 2.24) is 0 Å². The van der Waals surface area contributed by atoms with Crippen LogP contribution in [0.25, 0.3) is 0 Å². The van der Waals surface area contributed by atoms with Crippen molar-refractivity contribution in [2.45, 2.75) is 9.79 Å². The molecule has 0 spiro atoms. The normalized spacial score (nSPS) is 11.6. The van der Waals surface area contributed by atoms with Crippen LogP contribution in [0.3, 0.4) is 0 Å². The number of aromatic hydroxyl groups is 2. The minimum atomic E-state index is -5.41. The van der Waals surface area contributed by atoms with Gasteiger partial charge in [0.05, 0.1) is 0 Å². The monoisotopic (exact) mass is 398 g/mol. The molecule has 0 aromatic heterocycles. The predicted molar refractivity (Wildman–Crippen MR) is 80.4 cm³/mol. The van der Waals surface area contributed by atoms with Crippen molar-refractivity contribution in [3.63, 3.8) is 0 Å². The maximum atomic E-state index is 12.4. The van der Waals surface area contributed by atoms with Crippen LogP contribution in [0.4, 0.5) is 0 Å². The van der Waals surface area contributed by atoms with Crippen LogP contribution < -0.4 is 29.6 Å². The van der Waals surface area contributed by atoms with Crippen LogP contribution in [0, 0.1) is 0 Å².